The second-order valence-electron chi connectivity index (χ2n) is 8.62. The third-order valence-corrected chi connectivity index (χ3v) is 6.24. The minimum absolute atomic E-state index is 0.0457. The second-order valence-corrected chi connectivity index (χ2v) is 9.01. The molecule has 172 valence electrons. The molecule has 0 radical (unpaired) electrons. The molecule has 1 unspecified atom stereocenters. The number of halogens is 1. The van der Waals surface area contributed by atoms with E-state index >= 15 is 0 Å². The van der Waals surface area contributed by atoms with Gasteiger partial charge in [-0.2, -0.15) is 4.98 Å². The summed E-state index contributed by atoms with van der Waals surface area (Å²) in [4.78, 5) is 42.7. The third-order valence-electron chi connectivity index (χ3n) is 6.03. The first-order chi connectivity index (χ1) is 15.7. The van der Waals surface area contributed by atoms with Crippen molar-refractivity contribution in [2.24, 2.45) is 0 Å². The molecule has 3 aromatic rings. The van der Waals surface area contributed by atoms with Crippen molar-refractivity contribution in [3.63, 3.8) is 0 Å². The topological polar surface area (TPSA) is 84.2 Å². The molecule has 1 atom stereocenters. The van der Waals surface area contributed by atoms with Crippen molar-refractivity contribution in [3.05, 3.63) is 64.1 Å². The molecule has 1 saturated heterocycles. The van der Waals surface area contributed by atoms with Crippen LogP contribution in [0.4, 0.5) is 5.82 Å². The van der Waals surface area contributed by atoms with Gasteiger partial charge in [0.15, 0.2) is 0 Å². The van der Waals surface area contributed by atoms with Gasteiger partial charge in [-0.25, -0.2) is 9.78 Å². The average Bonchev–Trinajstić information content (AvgIpc) is 2.78. The maximum absolute atomic E-state index is 13.5. The second kappa shape index (κ2) is 8.94. The molecule has 0 bridgehead atoms. The van der Waals surface area contributed by atoms with Gasteiger partial charge in [-0.3, -0.25) is 14.3 Å². The van der Waals surface area contributed by atoms with E-state index < -0.39 is 5.69 Å². The Labute approximate surface area is 197 Å². The molecule has 1 amide bonds. The number of nitrogens with zero attached hydrogens (tertiary/aromatic N) is 6. The summed E-state index contributed by atoms with van der Waals surface area (Å²) in [6.07, 6.45) is 4.74. The molecule has 0 aromatic carbocycles. The van der Waals surface area contributed by atoms with Crippen LogP contribution in [0.5, 0.6) is 0 Å². The molecular formula is C24H27ClN6O2. The number of hydrogen-bond donors (Lipinski definition) is 0. The Hall–Kier alpha value is -3.26. The lowest BCUT2D eigenvalue weighted by atomic mass is 10.0. The van der Waals surface area contributed by atoms with E-state index in [1.807, 2.05) is 33.8 Å². The predicted octanol–water partition coefficient (Wildman–Crippen LogP) is 3.48. The van der Waals surface area contributed by atoms with Crippen molar-refractivity contribution >= 4 is 34.2 Å². The van der Waals surface area contributed by atoms with Gasteiger partial charge in [-0.1, -0.05) is 32.0 Å². The number of fused-ring (bicyclic) bond motifs is 1. The monoisotopic (exact) mass is 466 g/mol. The van der Waals surface area contributed by atoms with E-state index in [1.165, 1.54) is 6.08 Å². The minimum Gasteiger partial charge on any atom is -0.350 e. The first-order valence-corrected chi connectivity index (χ1v) is 11.3. The van der Waals surface area contributed by atoms with E-state index in [2.05, 4.69) is 26.4 Å². The zero-order valence-corrected chi connectivity index (χ0v) is 20.0. The van der Waals surface area contributed by atoms with Crippen molar-refractivity contribution in [3.8, 4) is 5.69 Å². The Morgan fingerprint density at radius 3 is 2.73 bits per heavy atom. The molecule has 9 heteroatoms. The van der Waals surface area contributed by atoms with Gasteiger partial charge in [0.25, 0.3) is 0 Å². The van der Waals surface area contributed by atoms with Crippen molar-refractivity contribution < 1.29 is 4.79 Å². The highest BCUT2D eigenvalue weighted by molar-refractivity contribution is 6.30. The summed E-state index contributed by atoms with van der Waals surface area (Å²) in [5.74, 6) is 0.548. The number of carbonyl (C=O) groups excluding carboxylic acids is 1. The van der Waals surface area contributed by atoms with Gasteiger partial charge < -0.3 is 9.80 Å². The fraction of sp³-hybridized carbons (Fsp3) is 0.375. The summed E-state index contributed by atoms with van der Waals surface area (Å²) in [5.41, 5.74) is 2.67. The Morgan fingerprint density at radius 2 is 2.06 bits per heavy atom. The van der Waals surface area contributed by atoms with Gasteiger partial charge >= 0.3 is 5.69 Å². The summed E-state index contributed by atoms with van der Waals surface area (Å²) in [5, 5.41) is 1.00. The van der Waals surface area contributed by atoms with Crippen molar-refractivity contribution in [1.29, 1.82) is 0 Å². The summed E-state index contributed by atoms with van der Waals surface area (Å²) in [7, 11) is 0. The standard InChI is InChI=1S/C24H27ClN6O2/c1-6-20(32)29-9-10-30(16(5)13-29)23-17-12-27-19(25)11-18(17)31(24(33)28-23)22-15(4)7-8-26-21(22)14(2)3/h6-8,11-12,14,16H,1,9-10,13H2,2-5H3. The number of amides is 1. The van der Waals surface area contributed by atoms with E-state index in [1.54, 1.807) is 27.9 Å². The Balaban J connectivity index is 1.92. The molecule has 0 spiro atoms. The molecule has 1 aliphatic heterocycles. The van der Waals surface area contributed by atoms with Crippen molar-refractivity contribution in [2.45, 2.75) is 39.7 Å². The number of carbonyl (C=O) groups is 1. The van der Waals surface area contributed by atoms with Crippen molar-refractivity contribution in [1.82, 2.24) is 24.4 Å². The van der Waals surface area contributed by atoms with Crippen LogP contribution in [0.25, 0.3) is 16.6 Å². The molecule has 4 heterocycles. The van der Waals surface area contributed by atoms with Crippen LogP contribution in [-0.4, -0.2) is 56.0 Å². The highest BCUT2D eigenvalue weighted by Crippen LogP contribution is 2.31. The summed E-state index contributed by atoms with van der Waals surface area (Å²) >= 11 is 6.28. The number of rotatable bonds is 4. The molecule has 33 heavy (non-hydrogen) atoms. The first-order valence-electron chi connectivity index (χ1n) is 10.9. The first kappa shape index (κ1) is 22.9. The number of anilines is 1. The zero-order chi connectivity index (χ0) is 23.9. The lowest BCUT2D eigenvalue weighted by Crippen LogP contribution is -2.54. The van der Waals surface area contributed by atoms with E-state index in [0.29, 0.717) is 36.4 Å². The van der Waals surface area contributed by atoms with Crippen LogP contribution < -0.4 is 10.6 Å². The van der Waals surface area contributed by atoms with Gasteiger partial charge in [-0.15, -0.1) is 0 Å². The highest BCUT2D eigenvalue weighted by atomic mass is 35.5. The molecule has 0 N–H and O–H groups in total. The summed E-state index contributed by atoms with van der Waals surface area (Å²) in [6, 6.07) is 3.53. The zero-order valence-electron chi connectivity index (χ0n) is 19.2. The fourth-order valence-electron chi connectivity index (χ4n) is 4.40. The van der Waals surface area contributed by atoms with E-state index in [9.17, 15) is 9.59 Å². The van der Waals surface area contributed by atoms with Gasteiger partial charge in [0.1, 0.15) is 11.0 Å². The number of piperazine rings is 1. The molecule has 3 aromatic heterocycles. The highest BCUT2D eigenvalue weighted by Gasteiger charge is 2.29. The van der Waals surface area contributed by atoms with Crippen LogP contribution in [0, 0.1) is 6.92 Å². The molecule has 4 rings (SSSR count). The van der Waals surface area contributed by atoms with Crippen LogP contribution in [0.2, 0.25) is 5.15 Å². The number of aryl methyl sites for hydroxylation is 1. The normalized spacial score (nSPS) is 16.5. The van der Waals surface area contributed by atoms with E-state index in [-0.39, 0.29) is 23.0 Å². The molecule has 1 aliphatic rings. The third kappa shape index (κ3) is 4.11. The predicted molar refractivity (Wildman–Crippen MR) is 130 cm³/mol. The Morgan fingerprint density at radius 1 is 1.30 bits per heavy atom. The number of pyridine rings is 2. The molecule has 1 fully saturated rings. The molecule has 0 aliphatic carbocycles. The lowest BCUT2D eigenvalue weighted by Gasteiger charge is -2.40. The summed E-state index contributed by atoms with van der Waals surface area (Å²) < 4.78 is 1.59. The number of hydrogen-bond acceptors (Lipinski definition) is 6. The largest absolute Gasteiger partial charge is 0.354 e. The Kier molecular flexibility index (Phi) is 6.21. The molecule has 0 saturated carbocycles. The maximum Gasteiger partial charge on any atom is 0.354 e. The SMILES string of the molecule is C=CC(=O)N1CCN(c2nc(=O)n(-c3c(C)ccnc3C(C)C)c3cc(Cl)ncc23)C(C)C1. The van der Waals surface area contributed by atoms with E-state index in [0.717, 1.165) is 16.9 Å². The van der Waals surface area contributed by atoms with Crippen LogP contribution >= 0.6 is 11.6 Å². The molecular weight excluding hydrogens is 440 g/mol. The van der Waals surface area contributed by atoms with E-state index in [4.69, 9.17) is 11.6 Å². The Bertz CT molecular complexity index is 1300. The minimum atomic E-state index is -0.408. The smallest absolute Gasteiger partial charge is 0.350 e. The average molecular weight is 467 g/mol. The van der Waals surface area contributed by atoms with Crippen LogP contribution in [0.15, 0.2) is 42.0 Å². The van der Waals surface area contributed by atoms with Gasteiger partial charge in [0, 0.05) is 44.1 Å². The van der Waals surface area contributed by atoms with Crippen LogP contribution in [-0.2, 0) is 4.79 Å². The van der Waals surface area contributed by atoms with Crippen molar-refractivity contribution in [2.75, 3.05) is 24.5 Å². The van der Waals surface area contributed by atoms with Gasteiger partial charge in [0.2, 0.25) is 5.91 Å². The maximum atomic E-state index is 13.5. The van der Waals surface area contributed by atoms with Crippen LogP contribution in [0.1, 0.15) is 37.9 Å². The number of aromatic nitrogens is 4. The van der Waals surface area contributed by atoms with Gasteiger partial charge in [-0.05, 0) is 37.5 Å². The quantitative estimate of drug-likeness (QED) is 0.432. The van der Waals surface area contributed by atoms with Gasteiger partial charge in [0.05, 0.1) is 22.3 Å². The van der Waals surface area contributed by atoms with Crippen LogP contribution in [0.3, 0.4) is 0 Å². The summed E-state index contributed by atoms with van der Waals surface area (Å²) in [6.45, 7) is 13.2. The lowest BCUT2D eigenvalue weighted by molar-refractivity contribution is -0.126. The molecule has 8 nitrogen and oxygen atoms in total. The fourth-order valence-corrected chi connectivity index (χ4v) is 4.55.